The van der Waals surface area contributed by atoms with E-state index in [1.807, 2.05) is 0 Å². The van der Waals surface area contributed by atoms with Gasteiger partial charge in [-0.05, 0) is 13.0 Å². The number of nitrogens with zero attached hydrogens (tertiary/aromatic N) is 1. The van der Waals surface area contributed by atoms with Gasteiger partial charge in [0.2, 0.25) is 0 Å². The molecule has 0 amide bonds. The third kappa shape index (κ3) is 1.23. The fourth-order valence-electron chi connectivity index (χ4n) is 1.08. The Morgan fingerprint density at radius 3 is 2.42 bits per heavy atom. The number of hydrogen-bond donors (Lipinski definition) is 1. The lowest BCUT2D eigenvalue weighted by Crippen LogP contribution is -2.08. The SMILES string of the molecule is CC(=O)c1ccn(C)c1C(=O)O. The van der Waals surface area contributed by atoms with Crippen molar-refractivity contribution < 1.29 is 14.7 Å². The molecule has 0 aromatic carbocycles. The molecule has 12 heavy (non-hydrogen) atoms. The van der Waals surface area contributed by atoms with Gasteiger partial charge < -0.3 is 9.67 Å². The van der Waals surface area contributed by atoms with Gasteiger partial charge in [0.05, 0.1) is 0 Å². The van der Waals surface area contributed by atoms with E-state index in [-0.39, 0.29) is 17.0 Å². The second kappa shape index (κ2) is 2.81. The van der Waals surface area contributed by atoms with Crippen LogP contribution in [0.5, 0.6) is 0 Å². The molecule has 0 unspecified atom stereocenters. The first-order valence-electron chi connectivity index (χ1n) is 3.43. The van der Waals surface area contributed by atoms with Crippen LogP contribution in [0.25, 0.3) is 0 Å². The minimum Gasteiger partial charge on any atom is -0.477 e. The van der Waals surface area contributed by atoms with Gasteiger partial charge >= 0.3 is 5.97 Å². The van der Waals surface area contributed by atoms with Crippen LogP contribution >= 0.6 is 0 Å². The van der Waals surface area contributed by atoms with Gasteiger partial charge in [-0.1, -0.05) is 0 Å². The minimum atomic E-state index is -1.08. The molecule has 1 heterocycles. The van der Waals surface area contributed by atoms with Crippen LogP contribution < -0.4 is 0 Å². The first-order valence-corrected chi connectivity index (χ1v) is 3.43. The van der Waals surface area contributed by atoms with E-state index >= 15 is 0 Å². The summed E-state index contributed by atoms with van der Waals surface area (Å²) in [5.41, 5.74) is 0.299. The summed E-state index contributed by atoms with van der Waals surface area (Å²) in [5, 5.41) is 8.71. The van der Waals surface area contributed by atoms with E-state index in [0.717, 1.165) is 0 Å². The van der Waals surface area contributed by atoms with Gasteiger partial charge in [-0.15, -0.1) is 0 Å². The Hall–Kier alpha value is -1.58. The predicted molar refractivity (Wildman–Crippen MR) is 42.4 cm³/mol. The molecule has 0 bridgehead atoms. The van der Waals surface area contributed by atoms with E-state index in [2.05, 4.69) is 0 Å². The van der Waals surface area contributed by atoms with Crippen LogP contribution in [0.4, 0.5) is 0 Å². The van der Waals surface area contributed by atoms with E-state index in [1.54, 1.807) is 13.2 Å². The van der Waals surface area contributed by atoms with Crippen LogP contribution in [0, 0.1) is 0 Å². The van der Waals surface area contributed by atoms with Gasteiger partial charge in [0, 0.05) is 18.8 Å². The molecule has 0 saturated heterocycles. The highest BCUT2D eigenvalue weighted by Crippen LogP contribution is 2.10. The van der Waals surface area contributed by atoms with Crippen molar-refractivity contribution in [2.45, 2.75) is 6.92 Å². The molecule has 1 rings (SSSR count). The Morgan fingerprint density at radius 1 is 1.50 bits per heavy atom. The maximum absolute atomic E-state index is 10.9. The zero-order valence-electron chi connectivity index (χ0n) is 6.87. The number of Topliss-reactive ketones (excluding diaryl/α,β-unsaturated/α-hetero) is 1. The van der Waals surface area contributed by atoms with Gasteiger partial charge in [0.15, 0.2) is 5.78 Å². The van der Waals surface area contributed by atoms with E-state index in [4.69, 9.17) is 5.11 Å². The first-order chi connectivity index (χ1) is 5.54. The summed E-state index contributed by atoms with van der Waals surface area (Å²) in [4.78, 5) is 21.5. The van der Waals surface area contributed by atoms with Crippen molar-refractivity contribution in [2.75, 3.05) is 0 Å². The van der Waals surface area contributed by atoms with Gasteiger partial charge in [-0.3, -0.25) is 4.79 Å². The van der Waals surface area contributed by atoms with E-state index in [1.165, 1.54) is 17.6 Å². The molecule has 4 nitrogen and oxygen atoms in total. The molecule has 1 N–H and O–H groups in total. The number of carboxylic acid groups (broad SMARTS) is 1. The summed E-state index contributed by atoms with van der Waals surface area (Å²) in [6, 6.07) is 1.51. The van der Waals surface area contributed by atoms with E-state index in [9.17, 15) is 9.59 Å². The number of aromatic carboxylic acids is 1. The van der Waals surface area contributed by atoms with Crippen LogP contribution in [0.2, 0.25) is 0 Å². The van der Waals surface area contributed by atoms with Crippen LogP contribution in [-0.2, 0) is 7.05 Å². The highest BCUT2D eigenvalue weighted by Gasteiger charge is 2.16. The zero-order valence-corrected chi connectivity index (χ0v) is 6.87. The molecule has 0 aliphatic heterocycles. The number of ketones is 1. The molecule has 0 spiro atoms. The first kappa shape index (κ1) is 8.52. The minimum absolute atomic E-state index is 0.0440. The monoisotopic (exact) mass is 167 g/mol. The fraction of sp³-hybridized carbons (Fsp3) is 0.250. The van der Waals surface area contributed by atoms with E-state index < -0.39 is 5.97 Å². The second-order valence-corrected chi connectivity index (χ2v) is 2.55. The second-order valence-electron chi connectivity index (χ2n) is 2.55. The number of aryl methyl sites for hydroxylation is 1. The molecule has 0 fully saturated rings. The smallest absolute Gasteiger partial charge is 0.353 e. The molecule has 0 radical (unpaired) electrons. The Labute approximate surface area is 69.4 Å². The maximum Gasteiger partial charge on any atom is 0.353 e. The summed E-state index contributed by atoms with van der Waals surface area (Å²) >= 11 is 0. The molecule has 4 heteroatoms. The van der Waals surface area contributed by atoms with Crippen molar-refractivity contribution in [3.8, 4) is 0 Å². The maximum atomic E-state index is 10.9. The molecule has 0 atom stereocenters. The van der Waals surface area contributed by atoms with Crippen molar-refractivity contribution >= 4 is 11.8 Å². The average Bonchev–Trinajstić information content (AvgIpc) is 2.30. The predicted octanol–water partition coefficient (Wildman–Crippen LogP) is 0.926. The Bertz CT molecular complexity index is 338. The van der Waals surface area contributed by atoms with Crippen molar-refractivity contribution in [3.05, 3.63) is 23.5 Å². The van der Waals surface area contributed by atoms with E-state index in [0.29, 0.717) is 0 Å². The Balaban J connectivity index is 3.31. The summed E-state index contributed by atoms with van der Waals surface area (Å²) in [5.74, 6) is -1.30. The fourth-order valence-corrected chi connectivity index (χ4v) is 1.08. The summed E-state index contributed by atoms with van der Waals surface area (Å²) in [7, 11) is 1.59. The number of carboxylic acids is 1. The molecule has 1 aromatic heterocycles. The molecule has 0 saturated carbocycles. The van der Waals surface area contributed by atoms with Crippen molar-refractivity contribution in [3.63, 3.8) is 0 Å². The number of aromatic nitrogens is 1. The summed E-state index contributed by atoms with van der Waals surface area (Å²) < 4.78 is 1.42. The average molecular weight is 167 g/mol. The van der Waals surface area contributed by atoms with Gasteiger partial charge in [-0.2, -0.15) is 0 Å². The van der Waals surface area contributed by atoms with Crippen molar-refractivity contribution in [1.29, 1.82) is 0 Å². The largest absolute Gasteiger partial charge is 0.477 e. The lowest BCUT2D eigenvalue weighted by Gasteiger charge is -1.98. The molecular weight excluding hydrogens is 158 g/mol. The van der Waals surface area contributed by atoms with Gasteiger partial charge in [-0.25, -0.2) is 4.79 Å². The number of carbonyl (C=O) groups is 2. The molecule has 64 valence electrons. The van der Waals surface area contributed by atoms with Crippen molar-refractivity contribution in [2.24, 2.45) is 7.05 Å². The number of carbonyl (C=O) groups excluding carboxylic acids is 1. The normalized spacial score (nSPS) is 9.83. The number of rotatable bonds is 2. The van der Waals surface area contributed by atoms with Crippen LogP contribution in [0.15, 0.2) is 12.3 Å². The lowest BCUT2D eigenvalue weighted by atomic mass is 10.2. The van der Waals surface area contributed by atoms with Crippen molar-refractivity contribution in [1.82, 2.24) is 4.57 Å². The summed E-state index contributed by atoms with van der Waals surface area (Å²) in [6.45, 7) is 1.35. The Kier molecular flexibility index (Phi) is 1.99. The van der Waals surface area contributed by atoms with Gasteiger partial charge in [0.25, 0.3) is 0 Å². The van der Waals surface area contributed by atoms with Crippen LogP contribution in [-0.4, -0.2) is 21.4 Å². The molecule has 1 aromatic rings. The Morgan fingerprint density at radius 2 is 2.08 bits per heavy atom. The third-order valence-electron chi connectivity index (χ3n) is 1.65. The van der Waals surface area contributed by atoms with Gasteiger partial charge in [0.1, 0.15) is 5.69 Å². The highest BCUT2D eigenvalue weighted by molar-refractivity contribution is 6.03. The standard InChI is InChI=1S/C8H9NO3/c1-5(10)6-3-4-9(2)7(6)8(11)12/h3-4H,1-2H3,(H,11,12). The van der Waals surface area contributed by atoms with Crippen LogP contribution in [0.3, 0.4) is 0 Å². The lowest BCUT2D eigenvalue weighted by molar-refractivity contribution is 0.0682. The van der Waals surface area contributed by atoms with Crippen LogP contribution in [0.1, 0.15) is 27.8 Å². The third-order valence-corrected chi connectivity index (χ3v) is 1.65. The zero-order chi connectivity index (χ0) is 9.30. The highest BCUT2D eigenvalue weighted by atomic mass is 16.4. The topological polar surface area (TPSA) is 59.3 Å². The molecule has 0 aliphatic carbocycles. The molecule has 0 aliphatic rings. The number of hydrogen-bond acceptors (Lipinski definition) is 2. The molecular formula is C8H9NO3. The summed E-state index contributed by atoms with van der Waals surface area (Å²) in [6.07, 6.45) is 1.56. The quantitative estimate of drug-likeness (QED) is 0.666.